The Balaban J connectivity index is 1.94. The zero-order valence-corrected chi connectivity index (χ0v) is 7.77. The highest BCUT2D eigenvalue weighted by atomic mass is 16.7. The van der Waals surface area contributed by atoms with Crippen molar-refractivity contribution in [3.05, 3.63) is 12.2 Å². The summed E-state index contributed by atoms with van der Waals surface area (Å²) in [6, 6.07) is 0. The van der Waals surface area contributed by atoms with Crippen molar-refractivity contribution in [3.8, 4) is 0 Å². The van der Waals surface area contributed by atoms with Gasteiger partial charge in [0, 0.05) is 6.42 Å². The largest absolute Gasteiger partial charge is 0.369 e. The Morgan fingerprint density at radius 2 is 2.43 bits per heavy atom. The summed E-state index contributed by atoms with van der Waals surface area (Å²) in [6.07, 6.45) is 4.34. The third-order valence-corrected chi connectivity index (χ3v) is 2.94. The molecule has 2 heterocycles. The van der Waals surface area contributed by atoms with Crippen molar-refractivity contribution in [3.63, 3.8) is 0 Å². The van der Waals surface area contributed by atoms with Crippen molar-refractivity contribution in [2.45, 2.75) is 30.8 Å². The van der Waals surface area contributed by atoms with E-state index in [0.717, 1.165) is 6.42 Å². The molecule has 4 nitrogen and oxygen atoms in total. The van der Waals surface area contributed by atoms with Crippen molar-refractivity contribution in [2.75, 3.05) is 13.2 Å². The first-order valence-corrected chi connectivity index (χ1v) is 4.94. The van der Waals surface area contributed by atoms with Gasteiger partial charge in [0.15, 0.2) is 5.78 Å². The topological polar surface area (TPSA) is 44.8 Å². The lowest BCUT2D eigenvalue weighted by molar-refractivity contribution is -0.351. The Kier molecular flexibility index (Phi) is 1.77. The first-order chi connectivity index (χ1) is 6.78. The van der Waals surface area contributed by atoms with Crippen LogP contribution in [0.2, 0.25) is 0 Å². The average molecular weight is 196 g/mol. The highest BCUT2D eigenvalue weighted by molar-refractivity contribution is 5.91. The number of ether oxygens (including phenoxy) is 3. The maximum Gasteiger partial charge on any atom is 0.216 e. The van der Waals surface area contributed by atoms with Crippen LogP contribution in [0.25, 0.3) is 0 Å². The summed E-state index contributed by atoms with van der Waals surface area (Å²) in [5.41, 5.74) is 0. The van der Waals surface area contributed by atoms with Gasteiger partial charge in [-0.05, 0) is 18.6 Å². The quantitative estimate of drug-likeness (QED) is 0.563. The summed E-state index contributed by atoms with van der Waals surface area (Å²) in [4.78, 5) is 11.2. The molecule has 0 unspecified atom stereocenters. The molecule has 0 amide bonds. The molecule has 2 fully saturated rings. The molecule has 2 saturated heterocycles. The lowest BCUT2D eigenvalue weighted by atomic mass is 9.94. The minimum absolute atomic E-state index is 0.0804. The lowest BCUT2D eigenvalue weighted by Gasteiger charge is -2.48. The van der Waals surface area contributed by atoms with Gasteiger partial charge in [-0.25, -0.2) is 0 Å². The van der Waals surface area contributed by atoms with Crippen LogP contribution in [0, 0.1) is 0 Å². The van der Waals surface area contributed by atoms with E-state index < -0.39 is 5.79 Å². The number of hydrogen-bond acceptors (Lipinski definition) is 4. The van der Waals surface area contributed by atoms with Crippen LogP contribution in [0.15, 0.2) is 12.2 Å². The maximum atomic E-state index is 11.2. The second-order valence-corrected chi connectivity index (χ2v) is 3.92. The molecule has 3 aliphatic rings. The Hall–Kier alpha value is -0.710. The molecule has 1 aliphatic carbocycles. The van der Waals surface area contributed by atoms with Crippen molar-refractivity contribution >= 4 is 5.78 Å². The summed E-state index contributed by atoms with van der Waals surface area (Å²) >= 11 is 0. The van der Waals surface area contributed by atoms with Crippen LogP contribution in [-0.4, -0.2) is 37.0 Å². The molecular weight excluding hydrogens is 184 g/mol. The first kappa shape index (κ1) is 8.59. The molecule has 0 aromatic carbocycles. The van der Waals surface area contributed by atoms with E-state index in [-0.39, 0.29) is 18.0 Å². The van der Waals surface area contributed by atoms with Crippen molar-refractivity contribution in [2.24, 2.45) is 0 Å². The van der Waals surface area contributed by atoms with E-state index in [1.165, 1.54) is 6.08 Å². The predicted molar refractivity (Wildman–Crippen MR) is 46.7 cm³/mol. The van der Waals surface area contributed by atoms with Gasteiger partial charge in [0.2, 0.25) is 5.79 Å². The van der Waals surface area contributed by atoms with Crippen molar-refractivity contribution in [1.29, 1.82) is 0 Å². The number of ketones is 1. The molecule has 14 heavy (non-hydrogen) atoms. The summed E-state index contributed by atoms with van der Waals surface area (Å²) in [6.45, 7) is 1.26. The fourth-order valence-electron chi connectivity index (χ4n) is 2.18. The van der Waals surface area contributed by atoms with Gasteiger partial charge in [-0.1, -0.05) is 0 Å². The minimum atomic E-state index is -0.769. The Morgan fingerprint density at radius 1 is 1.50 bits per heavy atom. The Bertz CT molecular complexity index is 298. The Labute approximate surface area is 81.8 Å². The predicted octanol–water partition coefficient (Wildman–Crippen LogP) is 0.416. The maximum absolute atomic E-state index is 11.2. The fraction of sp³-hybridized carbons (Fsp3) is 0.700. The SMILES string of the molecule is O=C1C=C[C@@]23OCC[C@@H](CO[C@@H]2C1)O3. The van der Waals surface area contributed by atoms with E-state index in [1.807, 2.05) is 0 Å². The van der Waals surface area contributed by atoms with Gasteiger partial charge in [0.05, 0.1) is 19.3 Å². The van der Waals surface area contributed by atoms with Crippen LogP contribution < -0.4 is 0 Å². The molecule has 2 aliphatic heterocycles. The third kappa shape index (κ3) is 1.15. The summed E-state index contributed by atoms with van der Waals surface area (Å²) in [5.74, 6) is -0.688. The third-order valence-electron chi connectivity index (χ3n) is 2.94. The highest BCUT2D eigenvalue weighted by Crippen LogP contribution is 2.37. The fourth-order valence-corrected chi connectivity index (χ4v) is 2.18. The molecular formula is C10H12O4. The average Bonchev–Trinajstić information content (AvgIpc) is 2.20. The standard InChI is InChI=1S/C10H12O4/c11-7-1-3-10-9(5-7)12-6-8(14-10)2-4-13-10/h1,3,8-9H,2,4-6H2/t8-,9+,10-/m0/s1. The van der Waals surface area contributed by atoms with E-state index in [1.54, 1.807) is 6.08 Å². The number of hydrogen-bond donors (Lipinski definition) is 0. The Morgan fingerprint density at radius 3 is 3.36 bits per heavy atom. The van der Waals surface area contributed by atoms with E-state index in [0.29, 0.717) is 19.6 Å². The summed E-state index contributed by atoms with van der Waals surface area (Å²) in [7, 11) is 0. The molecule has 0 N–H and O–H groups in total. The van der Waals surface area contributed by atoms with Crippen LogP contribution in [0.1, 0.15) is 12.8 Å². The van der Waals surface area contributed by atoms with Gasteiger partial charge in [0.1, 0.15) is 6.10 Å². The number of allylic oxidation sites excluding steroid dienone is 1. The molecule has 3 rings (SSSR count). The lowest BCUT2D eigenvalue weighted by Crippen LogP contribution is -2.59. The molecule has 0 aromatic rings. The van der Waals surface area contributed by atoms with Crippen LogP contribution >= 0.6 is 0 Å². The van der Waals surface area contributed by atoms with Gasteiger partial charge in [-0.15, -0.1) is 0 Å². The van der Waals surface area contributed by atoms with Crippen LogP contribution in [0.3, 0.4) is 0 Å². The van der Waals surface area contributed by atoms with Gasteiger partial charge in [0.25, 0.3) is 0 Å². The number of rotatable bonds is 0. The molecule has 76 valence electrons. The van der Waals surface area contributed by atoms with Gasteiger partial charge >= 0.3 is 0 Å². The smallest absolute Gasteiger partial charge is 0.216 e. The summed E-state index contributed by atoms with van der Waals surface area (Å²) < 4.78 is 17.0. The molecule has 3 atom stereocenters. The number of fused-ring (bicyclic) bond motifs is 1. The second kappa shape index (κ2) is 2.89. The monoisotopic (exact) mass is 196 g/mol. The van der Waals surface area contributed by atoms with Crippen molar-refractivity contribution in [1.82, 2.24) is 0 Å². The first-order valence-electron chi connectivity index (χ1n) is 4.94. The zero-order chi connectivity index (χ0) is 9.60. The normalized spacial score (nSPS) is 46.1. The second-order valence-electron chi connectivity index (χ2n) is 3.92. The van der Waals surface area contributed by atoms with Crippen LogP contribution in [-0.2, 0) is 19.0 Å². The van der Waals surface area contributed by atoms with Gasteiger partial charge in [-0.2, -0.15) is 0 Å². The van der Waals surface area contributed by atoms with Crippen LogP contribution in [0.5, 0.6) is 0 Å². The van der Waals surface area contributed by atoms with Crippen molar-refractivity contribution < 1.29 is 19.0 Å². The number of carbonyl (C=O) groups is 1. The van der Waals surface area contributed by atoms with E-state index in [2.05, 4.69) is 0 Å². The molecule has 0 radical (unpaired) electrons. The minimum Gasteiger partial charge on any atom is -0.369 e. The van der Waals surface area contributed by atoms with E-state index in [9.17, 15) is 4.79 Å². The molecule has 0 aromatic heterocycles. The molecule has 4 heteroatoms. The van der Waals surface area contributed by atoms with E-state index >= 15 is 0 Å². The molecule has 1 spiro atoms. The van der Waals surface area contributed by atoms with Gasteiger partial charge in [-0.3, -0.25) is 4.79 Å². The van der Waals surface area contributed by atoms with E-state index in [4.69, 9.17) is 14.2 Å². The van der Waals surface area contributed by atoms with Gasteiger partial charge < -0.3 is 14.2 Å². The number of carbonyl (C=O) groups excluding carboxylic acids is 1. The molecule has 2 bridgehead atoms. The molecule has 0 saturated carbocycles. The summed E-state index contributed by atoms with van der Waals surface area (Å²) in [5, 5.41) is 0. The highest BCUT2D eigenvalue weighted by Gasteiger charge is 2.50. The van der Waals surface area contributed by atoms with Crippen LogP contribution in [0.4, 0.5) is 0 Å². The zero-order valence-electron chi connectivity index (χ0n) is 7.77.